The topological polar surface area (TPSA) is 49.7 Å². The maximum atomic E-state index is 9.57. The van der Waals surface area contributed by atoms with Gasteiger partial charge in [0.05, 0.1) is 12.7 Å². The van der Waals surface area contributed by atoms with Crippen LogP contribution >= 0.6 is 15.9 Å². The number of halogens is 1. The highest BCUT2D eigenvalue weighted by Gasteiger charge is 2.12. The molecule has 0 amide bonds. The maximum absolute atomic E-state index is 9.57. The third kappa shape index (κ3) is 14.4. The van der Waals surface area contributed by atoms with E-state index in [1.54, 1.807) is 13.8 Å². The summed E-state index contributed by atoms with van der Waals surface area (Å²) in [7, 11) is 0. The quantitative estimate of drug-likeness (QED) is 0.391. The molecule has 0 rings (SSSR count). The number of aliphatic hydroxyl groups is 2. The average Bonchev–Trinajstić information content (AvgIpc) is 2.11. The molecule has 0 spiro atoms. The number of unbranched alkanes of at least 4 members (excludes halogenated alkanes) is 1. The van der Waals surface area contributed by atoms with Gasteiger partial charge in [-0.25, -0.2) is 0 Å². The van der Waals surface area contributed by atoms with Crippen molar-refractivity contribution in [3.05, 3.63) is 0 Å². The minimum Gasteiger partial charge on any atom is -0.393 e. The Labute approximate surface area is 108 Å². The largest absolute Gasteiger partial charge is 0.393 e. The van der Waals surface area contributed by atoms with Crippen molar-refractivity contribution in [2.24, 2.45) is 0 Å². The van der Waals surface area contributed by atoms with Crippen LogP contribution in [0.5, 0.6) is 0 Å². The Morgan fingerprint density at radius 1 is 1.19 bits per heavy atom. The standard InChI is InChI=1S/C11H23BrO3.CH4/c1-11(2,14)15-9-5-7-10(13)6-3-4-8-12;/h10,13-14H,3-9H2,1-2H3;1H4. The first-order valence-corrected chi connectivity index (χ1v) is 6.68. The molecule has 0 aromatic rings. The highest BCUT2D eigenvalue weighted by atomic mass is 79.9. The first-order valence-electron chi connectivity index (χ1n) is 5.56. The van der Waals surface area contributed by atoms with E-state index in [4.69, 9.17) is 4.74 Å². The lowest BCUT2D eigenvalue weighted by atomic mass is 10.1. The SMILES string of the molecule is C.CC(C)(O)OCCCC(O)CCCCBr. The molecule has 0 aromatic heterocycles. The molecule has 3 nitrogen and oxygen atoms in total. The van der Waals surface area contributed by atoms with E-state index in [1.807, 2.05) is 0 Å². The number of ether oxygens (including phenoxy) is 1. The minimum atomic E-state index is -1.05. The molecule has 100 valence electrons. The summed E-state index contributed by atoms with van der Waals surface area (Å²) < 4.78 is 5.14. The van der Waals surface area contributed by atoms with Gasteiger partial charge in [0.25, 0.3) is 0 Å². The Morgan fingerprint density at radius 3 is 2.25 bits per heavy atom. The molecule has 0 aliphatic rings. The van der Waals surface area contributed by atoms with Gasteiger partial charge in [-0.15, -0.1) is 0 Å². The van der Waals surface area contributed by atoms with Crippen LogP contribution in [0, 0.1) is 0 Å². The fourth-order valence-corrected chi connectivity index (χ4v) is 1.66. The summed E-state index contributed by atoms with van der Waals surface area (Å²) in [5.41, 5.74) is 0. The van der Waals surface area contributed by atoms with Crippen LogP contribution in [-0.4, -0.2) is 34.0 Å². The van der Waals surface area contributed by atoms with Crippen LogP contribution in [0.3, 0.4) is 0 Å². The summed E-state index contributed by atoms with van der Waals surface area (Å²) in [5.74, 6) is -1.05. The van der Waals surface area contributed by atoms with Crippen molar-refractivity contribution in [3.8, 4) is 0 Å². The normalized spacial score (nSPS) is 13.3. The van der Waals surface area contributed by atoms with Gasteiger partial charge in [0.2, 0.25) is 0 Å². The summed E-state index contributed by atoms with van der Waals surface area (Å²) in [5, 5.41) is 19.8. The predicted octanol–water partition coefficient (Wildman–Crippen LogP) is 3.07. The summed E-state index contributed by atoms with van der Waals surface area (Å²) in [6.45, 7) is 3.72. The molecule has 0 bridgehead atoms. The van der Waals surface area contributed by atoms with Crippen LogP contribution in [0.4, 0.5) is 0 Å². The molecule has 1 atom stereocenters. The second-order valence-electron chi connectivity index (χ2n) is 4.28. The lowest BCUT2D eigenvalue weighted by Crippen LogP contribution is -2.24. The molecule has 0 aromatic carbocycles. The van der Waals surface area contributed by atoms with Crippen LogP contribution in [0.15, 0.2) is 0 Å². The molecule has 0 radical (unpaired) electrons. The summed E-state index contributed by atoms with van der Waals surface area (Å²) in [6, 6.07) is 0. The average molecular weight is 299 g/mol. The molecule has 4 heteroatoms. The number of aliphatic hydroxyl groups excluding tert-OH is 1. The van der Waals surface area contributed by atoms with Crippen molar-refractivity contribution in [2.45, 2.75) is 65.3 Å². The van der Waals surface area contributed by atoms with Gasteiger partial charge >= 0.3 is 0 Å². The zero-order chi connectivity index (χ0) is 11.7. The second kappa shape index (κ2) is 10.5. The van der Waals surface area contributed by atoms with Gasteiger partial charge in [-0.3, -0.25) is 0 Å². The summed E-state index contributed by atoms with van der Waals surface area (Å²) in [4.78, 5) is 0. The van der Waals surface area contributed by atoms with E-state index in [1.165, 1.54) is 0 Å². The molecular formula is C12H27BrO3. The zero-order valence-electron chi connectivity index (χ0n) is 9.71. The molecule has 0 aliphatic carbocycles. The van der Waals surface area contributed by atoms with Crippen LogP contribution < -0.4 is 0 Å². The molecule has 1 unspecified atom stereocenters. The Balaban J connectivity index is 0. The molecule has 2 N–H and O–H groups in total. The highest BCUT2D eigenvalue weighted by Crippen LogP contribution is 2.10. The van der Waals surface area contributed by atoms with Crippen LogP contribution in [0.2, 0.25) is 0 Å². The summed E-state index contributed by atoms with van der Waals surface area (Å²) >= 11 is 3.36. The first kappa shape index (κ1) is 18.7. The van der Waals surface area contributed by atoms with Crippen molar-refractivity contribution < 1.29 is 14.9 Å². The monoisotopic (exact) mass is 298 g/mol. The van der Waals surface area contributed by atoms with Crippen molar-refractivity contribution in [3.63, 3.8) is 0 Å². The maximum Gasteiger partial charge on any atom is 0.159 e. The van der Waals surface area contributed by atoms with Gasteiger partial charge < -0.3 is 14.9 Å². The molecule has 0 aliphatic heterocycles. The molecule has 0 fully saturated rings. The van der Waals surface area contributed by atoms with Crippen molar-refractivity contribution >= 4 is 15.9 Å². The van der Waals surface area contributed by atoms with E-state index in [0.29, 0.717) is 6.61 Å². The first-order chi connectivity index (χ1) is 6.95. The molecule has 16 heavy (non-hydrogen) atoms. The van der Waals surface area contributed by atoms with Gasteiger partial charge in [-0.1, -0.05) is 29.8 Å². The third-order valence-electron chi connectivity index (χ3n) is 2.06. The van der Waals surface area contributed by atoms with Gasteiger partial charge in [-0.2, -0.15) is 0 Å². The third-order valence-corrected chi connectivity index (χ3v) is 2.62. The van der Waals surface area contributed by atoms with Crippen molar-refractivity contribution in [2.75, 3.05) is 11.9 Å². The Bertz CT molecular complexity index is 146. The van der Waals surface area contributed by atoms with E-state index in [2.05, 4.69) is 15.9 Å². The Hall–Kier alpha value is 0.360. The molecule has 0 saturated carbocycles. The lowest BCUT2D eigenvalue weighted by molar-refractivity contribution is -0.177. The van der Waals surface area contributed by atoms with E-state index in [-0.39, 0.29) is 13.5 Å². The number of hydrogen-bond acceptors (Lipinski definition) is 3. The lowest BCUT2D eigenvalue weighted by Gasteiger charge is -2.18. The van der Waals surface area contributed by atoms with E-state index in [9.17, 15) is 10.2 Å². The molecular weight excluding hydrogens is 272 g/mol. The van der Waals surface area contributed by atoms with Crippen molar-refractivity contribution in [1.82, 2.24) is 0 Å². The number of alkyl halides is 1. The molecule has 0 saturated heterocycles. The second-order valence-corrected chi connectivity index (χ2v) is 5.07. The number of hydrogen-bond donors (Lipinski definition) is 2. The summed E-state index contributed by atoms with van der Waals surface area (Å²) in [6.07, 6.45) is 4.33. The highest BCUT2D eigenvalue weighted by molar-refractivity contribution is 9.09. The molecule has 0 heterocycles. The smallest absolute Gasteiger partial charge is 0.159 e. The Kier molecular flexibility index (Phi) is 12.3. The van der Waals surface area contributed by atoms with Crippen LogP contribution in [0.25, 0.3) is 0 Å². The Morgan fingerprint density at radius 2 is 1.75 bits per heavy atom. The van der Waals surface area contributed by atoms with E-state index < -0.39 is 5.79 Å². The van der Waals surface area contributed by atoms with Crippen molar-refractivity contribution in [1.29, 1.82) is 0 Å². The van der Waals surface area contributed by atoms with Crippen LogP contribution in [-0.2, 0) is 4.74 Å². The van der Waals surface area contributed by atoms with Gasteiger partial charge in [0.1, 0.15) is 0 Å². The van der Waals surface area contributed by atoms with Gasteiger partial charge in [0, 0.05) is 5.33 Å². The van der Waals surface area contributed by atoms with Crippen LogP contribution in [0.1, 0.15) is 53.4 Å². The zero-order valence-corrected chi connectivity index (χ0v) is 11.3. The van der Waals surface area contributed by atoms with E-state index in [0.717, 1.165) is 37.4 Å². The minimum absolute atomic E-state index is 0. The van der Waals surface area contributed by atoms with Gasteiger partial charge in [-0.05, 0) is 39.5 Å². The van der Waals surface area contributed by atoms with Gasteiger partial charge in [0.15, 0.2) is 5.79 Å². The fraction of sp³-hybridized carbons (Fsp3) is 1.00. The predicted molar refractivity (Wildman–Crippen MR) is 71.9 cm³/mol. The number of rotatable bonds is 9. The fourth-order valence-electron chi connectivity index (χ4n) is 1.26. The van der Waals surface area contributed by atoms with E-state index >= 15 is 0 Å².